The number of hydrogen-bond acceptors (Lipinski definition) is 4. The Bertz CT molecular complexity index is 1050. The Morgan fingerprint density at radius 3 is 2.12 bits per heavy atom. The van der Waals surface area contributed by atoms with Crippen LogP contribution in [0.2, 0.25) is 5.02 Å². The summed E-state index contributed by atoms with van der Waals surface area (Å²) in [5, 5.41) is 3.09. The Kier molecular flexibility index (Phi) is 8.31. The van der Waals surface area contributed by atoms with Crippen LogP contribution in [0.25, 0.3) is 0 Å². The second kappa shape index (κ2) is 10.4. The van der Waals surface area contributed by atoms with Crippen LogP contribution >= 0.6 is 11.6 Å². The van der Waals surface area contributed by atoms with Crippen LogP contribution in [-0.4, -0.2) is 49.5 Å². The van der Waals surface area contributed by atoms with Crippen molar-refractivity contribution < 1.29 is 18.0 Å². The number of amides is 2. The van der Waals surface area contributed by atoms with E-state index in [4.69, 9.17) is 11.6 Å². The average molecular weight is 480 g/mol. The molecule has 174 valence electrons. The monoisotopic (exact) mass is 479 g/mol. The summed E-state index contributed by atoms with van der Waals surface area (Å²) < 4.78 is 26.0. The topological polar surface area (TPSA) is 86.8 Å². The summed E-state index contributed by atoms with van der Waals surface area (Å²) in [6.07, 6.45) is 1.01. The number of carbonyl (C=O) groups is 2. The van der Waals surface area contributed by atoms with Crippen molar-refractivity contribution >= 4 is 39.1 Å². The van der Waals surface area contributed by atoms with Crippen LogP contribution in [0, 0.1) is 0 Å². The first-order valence-corrected chi connectivity index (χ1v) is 12.4. The van der Waals surface area contributed by atoms with E-state index in [1.807, 2.05) is 51.1 Å². The van der Waals surface area contributed by atoms with E-state index in [0.717, 1.165) is 16.1 Å². The molecule has 2 amide bonds. The third-order valence-corrected chi connectivity index (χ3v) is 6.11. The quantitative estimate of drug-likeness (QED) is 0.628. The van der Waals surface area contributed by atoms with Crippen LogP contribution in [0.4, 0.5) is 5.69 Å². The molecule has 0 unspecified atom stereocenters. The molecule has 2 rings (SSSR count). The maximum atomic E-state index is 13.4. The zero-order chi connectivity index (χ0) is 24.1. The van der Waals surface area contributed by atoms with E-state index in [9.17, 15) is 18.0 Å². The average Bonchev–Trinajstić information content (AvgIpc) is 2.69. The summed E-state index contributed by atoms with van der Waals surface area (Å²) in [6.45, 7) is 6.85. The number of para-hydroxylation sites is 1. The van der Waals surface area contributed by atoms with Crippen molar-refractivity contribution in [3.8, 4) is 0 Å². The Hall–Kier alpha value is -2.58. The molecule has 0 aliphatic carbocycles. The van der Waals surface area contributed by atoms with Gasteiger partial charge in [0.15, 0.2) is 0 Å². The van der Waals surface area contributed by atoms with E-state index < -0.39 is 34.1 Å². The number of nitrogens with zero attached hydrogens (tertiary/aromatic N) is 2. The minimum absolute atomic E-state index is 0.151. The molecule has 0 fully saturated rings. The van der Waals surface area contributed by atoms with E-state index >= 15 is 0 Å². The third kappa shape index (κ3) is 7.24. The second-order valence-electron chi connectivity index (χ2n) is 8.64. The normalized spacial score (nSPS) is 12.7. The maximum Gasteiger partial charge on any atom is 0.244 e. The van der Waals surface area contributed by atoms with E-state index in [0.29, 0.717) is 0 Å². The standard InChI is InChI=1S/C23H30ClN3O4S/c1-17(22(29)25-23(2,3)4)26(15-18-11-7-6-8-12-18)21(28)16-27(32(5,30)31)20-14-10-9-13-19(20)24/h6-14,17H,15-16H2,1-5H3,(H,25,29)/t17-/m0/s1. The van der Waals surface area contributed by atoms with Crippen molar-refractivity contribution in [3.05, 3.63) is 65.2 Å². The van der Waals surface area contributed by atoms with Crippen LogP contribution in [0.1, 0.15) is 33.3 Å². The van der Waals surface area contributed by atoms with Gasteiger partial charge in [0.1, 0.15) is 12.6 Å². The van der Waals surface area contributed by atoms with Gasteiger partial charge in [-0.2, -0.15) is 0 Å². The van der Waals surface area contributed by atoms with Crippen molar-refractivity contribution in [3.63, 3.8) is 0 Å². The lowest BCUT2D eigenvalue weighted by atomic mass is 10.1. The molecule has 0 spiro atoms. The van der Waals surface area contributed by atoms with Gasteiger partial charge in [-0.1, -0.05) is 54.1 Å². The molecular formula is C23H30ClN3O4S. The van der Waals surface area contributed by atoms with Crippen molar-refractivity contribution in [2.75, 3.05) is 17.1 Å². The summed E-state index contributed by atoms with van der Waals surface area (Å²) in [5.74, 6) is -0.846. The summed E-state index contributed by atoms with van der Waals surface area (Å²) in [4.78, 5) is 27.6. The number of anilines is 1. The number of halogens is 1. The Labute approximate surface area is 195 Å². The van der Waals surface area contributed by atoms with Gasteiger partial charge in [-0.15, -0.1) is 0 Å². The highest BCUT2D eigenvalue weighted by atomic mass is 35.5. The van der Waals surface area contributed by atoms with Gasteiger partial charge >= 0.3 is 0 Å². The lowest BCUT2D eigenvalue weighted by Gasteiger charge is -2.33. The molecular weight excluding hydrogens is 450 g/mol. The summed E-state index contributed by atoms with van der Waals surface area (Å²) in [6, 6.07) is 14.8. The molecule has 7 nitrogen and oxygen atoms in total. The third-order valence-electron chi connectivity index (χ3n) is 4.66. The number of carbonyl (C=O) groups excluding carboxylic acids is 2. The second-order valence-corrected chi connectivity index (χ2v) is 11.0. The Morgan fingerprint density at radius 2 is 1.59 bits per heavy atom. The molecule has 9 heteroatoms. The van der Waals surface area contributed by atoms with Gasteiger partial charge in [-0.05, 0) is 45.4 Å². The molecule has 0 aromatic heterocycles. The van der Waals surface area contributed by atoms with Crippen LogP contribution in [0.5, 0.6) is 0 Å². The molecule has 0 bridgehead atoms. The predicted molar refractivity (Wildman–Crippen MR) is 128 cm³/mol. The molecule has 32 heavy (non-hydrogen) atoms. The van der Waals surface area contributed by atoms with Gasteiger partial charge in [0.25, 0.3) is 0 Å². The molecule has 0 saturated carbocycles. The first kappa shape index (κ1) is 25.7. The van der Waals surface area contributed by atoms with Gasteiger partial charge in [0, 0.05) is 12.1 Å². The molecule has 0 saturated heterocycles. The number of nitrogens with one attached hydrogen (secondary N) is 1. The van der Waals surface area contributed by atoms with Crippen LogP contribution in [0.3, 0.4) is 0 Å². The molecule has 1 atom stereocenters. The first-order chi connectivity index (χ1) is 14.8. The largest absolute Gasteiger partial charge is 0.350 e. The highest BCUT2D eigenvalue weighted by Crippen LogP contribution is 2.27. The fraction of sp³-hybridized carbons (Fsp3) is 0.391. The lowest BCUT2D eigenvalue weighted by Crippen LogP contribution is -2.54. The van der Waals surface area contributed by atoms with Gasteiger partial charge in [0.2, 0.25) is 21.8 Å². The van der Waals surface area contributed by atoms with Crippen LogP contribution < -0.4 is 9.62 Å². The maximum absolute atomic E-state index is 13.4. The molecule has 0 radical (unpaired) electrons. The highest BCUT2D eigenvalue weighted by molar-refractivity contribution is 7.92. The van der Waals surface area contributed by atoms with Gasteiger partial charge < -0.3 is 10.2 Å². The molecule has 0 aliphatic heterocycles. The lowest BCUT2D eigenvalue weighted by molar-refractivity contribution is -0.140. The van der Waals surface area contributed by atoms with Crippen molar-refractivity contribution in [1.82, 2.24) is 10.2 Å². The van der Waals surface area contributed by atoms with Crippen molar-refractivity contribution in [2.45, 2.75) is 45.8 Å². The minimum atomic E-state index is -3.82. The van der Waals surface area contributed by atoms with E-state index in [1.165, 1.54) is 11.0 Å². The first-order valence-electron chi connectivity index (χ1n) is 10.2. The summed E-state index contributed by atoms with van der Waals surface area (Å²) >= 11 is 6.21. The molecule has 1 N–H and O–H groups in total. The summed E-state index contributed by atoms with van der Waals surface area (Å²) in [7, 11) is -3.82. The SMILES string of the molecule is C[C@@H](C(=O)NC(C)(C)C)N(Cc1ccccc1)C(=O)CN(c1ccccc1Cl)S(C)(=O)=O. The smallest absolute Gasteiger partial charge is 0.244 e. The molecule has 0 aliphatic rings. The highest BCUT2D eigenvalue weighted by Gasteiger charge is 2.31. The van der Waals surface area contributed by atoms with Gasteiger partial charge in [-0.25, -0.2) is 8.42 Å². The van der Waals surface area contributed by atoms with Crippen LogP contribution in [-0.2, 0) is 26.2 Å². The number of sulfonamides is 1. The fourth-order valence-electron chi connectivity index (χ4n) is 3.09. The Balaban J connectivity index is 2.39. The van der Waals surface area contributed by atoms with Gasteiger partial charge in [-0.3, -0.25) is 13.9 Å². The zero-order valence-electron chi connectivity index (χ0n) is 19.0. The molecule has 2 aromatic rings. The molecule has 0 heterocycles. The predicted octanol–water partition coefficient (Wildman–Crippen LogP) is 3.44. The van der Waals surface area contributed by atoms with Gasteiger partial charge in [0.05, 0.1) is 17.0 Å². The zero-order valence-corrected chi connectivity index (χ0v) is 20.6. The van der Waals surface area contributed by atoms with Crippen molar-refractivity contribution in [1.29, 1.82) is 0 Å². The van der Waals surface area contributed by atoms with Crippen molar-refractivity contribution in [2.24, 2.45) is 0 Å². The van der Waals surface area contributed by atoms with E-state index in [2.05, 4.69) is 5.32 Å². The van der Waals surface area contributed by atoms with E-state index in [-0.39, 0.29) is 23.2 Å². The van der Waals surface area contributed by atoms with Crippen LogP contribution in [0.15, 0.2) is 54.6 Å². The minimum Gasteiger partial charge on any atom is -0.350 e. The summed E-state index contributed by atoms with van der Waals surface area (Å²) in [5.41, 5.74) is 0.541. The number of hydrogen-bond donors (Lipinski definition) is 1. The fourth-order valence-corrected chi connectivity index (χ4v) is 4.23. The number of rotatable bonds is 8. The number of benzene rings is 2. The molecule has 2 aromatic carbocycles. The Morgan fingerprint density at radius 1 is 1.03 bits per heavy atom. The van der Waals surface area contributed by atoms with E-state index in [1.54, 1.807) is 25.1 Å².